The fourth-order valence-corrected chi connectivity index (χ4v) is 4.17. The Hall–Kier alpha value is -3.96. The lowest BCUT2D eigenvalue weighted by molar-refractivity contribution is -0.137. The number of alkyl halides is 3. The van der Waals surface area contributed by atoms with Gasteiger partial charge in [-0.25, -0.2) is 4.98 Å². The van der Waals surface area contributed by atoms with Gasteiger partial charge in [-0.1, -0.05) is 6.07 Å². The van der Waals surface area contributed by atoms with E-state index in [1.54, 1.807) is 12.1 Å². The molecule has 0 spiro atoms. The third kappa shape index (κ3) is 6.63. The van der Waals surface area contributed by atoms with Gasteiger partial charge >= 0.3 is 6.18 Å². The minimum atomic E-state index is -4.55. The van der Waals surface area contributed by atoms with Gasteiger partial charge in [-0.05, 0) is 72.4 Å². The number of carbonyl (C=O) groups is 2. The smallest absolute Gasteiger partial charge is 0.416 e. The van der Waals surface area contributed by atoms with Crippen LogP contribution in [0.2, 0.25) is 0 Å². The third-order valence-corrected chi connectivity index (χ3v) is 5.98. The van der Waals surface area contributed by atoms with E-state index >= 15 is 0 Å². The summed E-state index contributed by atoms with van der Waals surface area (Å²) >= 11 is 0. The number of anilines is 2. The van der Waals surface area contributed by atoms with E-state index in [1.807, 2.05) is 12.1 Å². The van der Waals surface area contributed by atoms with Gasteiger partial charge in [0.1, 0.15) is 23.9 Å². The normalized spacial score (nSPS) is 15.0. The Morgan fingerprint density at radius 2 is 1.84 bits per heavy atom. The fraction of sp³-hybridized carbons (Fsp3) is 0.269. The Kier molecular flexibility index (Phi) is 7.74. The predicted octanol–water partition coefficient (Wildman–Crippen LogP) is 4.03. The summed E-state index contributed by atoms with van der Waals surface area (Å²) < 4.78 is 45.6. The van der Waals surface area contributed by atoms with Crippen LogP contribution in [0, 0.1) is 5.92 Å². The predicted molar refractivity (Wildman–Crippen MR) is 130 cm³/mol. The lowest BCUT2D eigenvalue weighted by atomic mass is 9.83. The van der Waals surface area contributed by atoms with E-state index in [4.69, 9.17) is 15.6 Å². The Morgan fingerprint density at radius 3 is 2.57 bits per heavy atom. The first-order valence-corrected chi connectivity index (χ1v) is 11.5. The number of aliphatic hydroxyl groups excluding tert-OH is 1. The molecule has 3 aromatic rings. The van der Waals surface area contributed by atoms with Crippen LogP contribution >= 0.6 is 0 Å². The number of aliphatic hydroxyl groups is 1. The first-order valence-electron chi connectivity index (χ1n) is 11.5. The van der Waals surface area contributed by atoms with Crippen LogP contribution in [0.1, 0.15) is 28.7 Å². The summed E-state index contributed by atoms with van der Waals surface area (Å²) in [7, 11) is 0. The van der Waals surface area contributed by atoms with Crippen molar-refractivity contribution in [2.24, 2.45) is 11.7 Å². The lowest BCUT2D eigenvalue weighted by Gasteiger charge is -2.25. The van der Waals surface area contributed by atoms with Gasteiger partial charge in [-0.15, -0.1) is 0 Å². The average molecular weight is 515 g/mol. The first-order chi connectivity index (χ1) is 17.6. The van der Waals surface area contributed by atoms with E-state index in [2.05, 4.69) is 15.6 Å². The molecule has 4 rings (SSSR count). The highest BCUT2D eigenvalue weighted by Gasteiger charge is 2.32. The highest BCUT2D eigenvalue weighted by molar-refractivity contribution is 5.93. The SMILES string of the molecule is NCc1cc(NC(=O)C2CCc3ccc(Oc4ccnc(NC(=O)CO)c4)cc3C2)cc(C(F)(F)F)c1. The number of ether oxygens (including phenoxy) is 1. The molecule has 1 aliphatic rings. The first kappa shape index (κ1) is 26.1. The van der Waals surface area contributed by atoms with Crippen LogP contribution in [0.3, 0.4) is 0 Å². The number of fused-ring (bicyclic) bond motifs is 1. The van der Waals surface area contributed by atoms with E-state index in [-0.39, 0.29) is 29.5 Å². The third-order valence-electron chi connectivity index (χ3n) is 5.98. The van der Waals surface area contributed by atoms with Crippen LogP contribution in [0.5, 0.6) is 11.5 Å². The van der Waals surface area contributed by atoms with Gasteiger partial charge in [0.15, 0.2) is 0 Å². The van der Waals surface area contributed by atoms with Gasteiger partial charge in [0.25, 0.3) is 5.91 Å². The molecule has 5 N–H and O–H groups in total. The molecule has 1 heterocycles. The highest BCUT2D eigenvalue weighted by atomic mass is 19.4. The molecule has 1 atom stereocenters. The van der Waals surface area contributed by atoms with E-state index in [1.165, 1.54) is 18.3 Å². The number of amides is 2. The molecule has 194 valence electrons. The molecule has 0 bridgehead atoms. The van der Waals surface area contributed by atoms with Crippen LogP contribution < -0.4 is 21.1 Å². The van der Waals surface area contributed by atoms with Crippen LogP contribution in [0.25, 0.3) is 0 Å². The second kappa shape index (κ2) is 11.0. The van der Waals surface area contributed by atoms with Crippen molar-refractivity contribution in [3.63, 3.8) is 0 Å². The molecule has 0 radical (unpaired) electrons. The van der Waals surface area contributed by atoms with Gasteiger partial charge in [0, 0.05) is 30.4 Å². The van der Waals surface area contributed by atoms with E-state index in [0.29, 0.717) is 30.8 Å². The lowest BCUT2D eigenvalue weighted by Crippen LogP contribution is -2.28. The Morgan fingerprint density at radius 1 is 1.05 bits per heavy atom. The largest absolute Gasteiger partial charge is 0.457 e. The van der Waals surface area contributed by atoms with Crippen molar-refractivity contribution in [1.82, 2.24) is 4.98 Å². The number of pyridine rings is 1. The van der Waals surface area contributed by atoms with Crippen LogP contribution in [0.4, 0.5) is 24.7 Å². The molecular weight excluding hydrogens is 489 g/mol. The number of rotatable bonds is 7. The van der Waals surface area contributed by atoms with Crippen molar-refractivity contribution in [1.29, 1.82) is 0 Å². The quantitative estimate of drug-likeness (QED) is 0.377. The minimum Gasteiger partial charge on any atom is -0.457 e. The Labute approximate surface area is 210 Å². The van der Waals surface area contributed by atoms with Crippen LogP contribution in [0.15, 0.2) is 54.7 Å². The maximum atomic E-state index is 13.2. The molecule has 0 aliphatic heterocycles. The number of nitrogens with two attached hydrogens (primary N) is 1. The van der Waals surface area contributed by atoms with Crippen LogP contribution in [-0.4, -0.2) is 28.5 Å². The van der Waals surface area contributed by atoms with Gasteiger partial charge in [0.05, 0.1) is 5.56 Å². The molecule has 1 unspecified atom stereocenters. The number of benzene rings is 2. The summed E-state index contributed by atoms with van der Waals surface area (Å²) in [5.41, 5.74) is 6.97. The van der Waals surface area contributed by atoms with Crippen molar-refractivity contribution >= 4 is 23.3 Å². The monoisotopic (exact) mass is 514 g/mol. The maximum absolute atomic E-state index is 13.2. The Balaban J connectivity index is 1.46. The molecule has 0 fully saturated rings. The molecule has 2 amide bonds. The van der Waals surface area contributed by atoms with Crippen LogP contribution in [-0.2, 0) is 35.2 Å². The summed E-state index contributed by atoms with van der Waals surface area (Å²) in [6.07, 6.45) is -1.51. The standard InChI is InChI=1S/C26H25F3N4O4/c27-26(28,29)19-7-15(13-30)8-20(11-19)32-25(36)17-2-1-16-3-4-21(10-18(16)9-17)37-22-5-6-31-23(12-22)33-24(35)14-34/h3-8,10-12,17,34H,1-2,9,13-14,30H2,(H,32,36)(H,31,33,35). The van der Waals surface area contributed by atoms with Gasteiger partial charge in [0.2, 0.25) is 5.91 Å². The number of nitrogens with one attached hydrogen (secondary N) is 2. The Bertz CT molecular complexity index is 1310. The van der Waals surface area contributed by atoms with E-state index in [9.17, 15) is 22.8 Å². The molecule has 11 heteroatoms. The zero-order valence-electron chi connectivity index (χ0n) is 19.6. The number of hydrogen-bond acceptors (Lipinski definition) is 6. The van der Waals surface area contributed by atoms with E-state index in [0.717, 1.165) is 23.3 Å². The second-order valence-electron chi connectivity index (χ2n) is 8.67. The number of hydrogen-bond donors (Lipinski definition) is 4. The molecule has 1 aromatic heterocycles. The maximum Gasteiger partial charge on any atom is 0.416 e. The molecule has 2 aromatic carbocycles. The number of aromatic nitrogens is 1. The molecule has 0 saturated carbocycles. The van der Waals surface area contributed by atoms with Gasteiger partial charge in [-0.2, -0.15) is 13.2 Å². The van der Waals surface area contributed by atoms with Crippen molar-refractivity contribution in [3.8, 4) is 11.5 Å². The van der Waals surface area contributed by atoms with Gasteiger partial charge in [-0.3, -0.25) is 9.59 Å². The summed E-state index contributed by atoms with van der Waals surface area (Å²) in [6, 6.07) is 12.0. The molecule has 37 heavy (non-hydrogen) atoms. The number of carbonyl (C=O) groups excluding carboxylic acids is 2. The topological polar surface area (TPSA) is 127 Å². The zero-order valence-corrected chi connectivity index (χ0v) is 19.6. The van der Waals surface area contributed by atoms with Gasteiger partial charge < -0.3 is 26.2 Å². The van der Waals surface area contributed by atoms with E-state index < -0.39 is 30.2 Å². The number of aryl methyl sites for hydroxylation is 1. The van der Waals surface area contributed by atoms with Crippen molar-refractivity contribution in [2.75, 3.05) is 17.2 Å². The average Bonchev–Trinajstić information content (AvgIpc) is 2.87. The minimum absolute atomic E-state index is 0.0601. The zero-order chi connectivity index (χ0) is 26.6. The summed E-state index contributed by atoms with van der Waals surface area (Å²) in [4.78, 5) is 28.3. The van der Waals surface area contributed by atoms with Crippen molar-refractivity contribution in [3.05, 3.63) is 77.0 Å². The molecule has 8 nitrogen and oxygen atoms in total. The highest BCUT2D eigenvalue weighted by Crippen LogP contribution is 2.34. The van der Waals surface area contributed by atoms with Crippen molar-refractivity contribution < 1.29 is 32.6 Å². The summed E-state index contributed by atoms with van der Waals surface area (Å²) in [5.74, 6) is -0.257. The molecule has 1 aliphatic carbocycles. The number of nitrogens with zero attached hydrogens (tertiary/aromatic N) is 1. The molecular formula is C26H25F3N4O4. The molecule has 0 saturated heterocycles. The summed E-state index contributed by atoms with van der Waals surface area (Å²) in [5, 5.41) is 13.9. The second-order valence-corrected chi connectivity index (χ2v) is 8.67. The summed E-state index contributed by atoms with van der Waals surface area (Å²) in [6.45, 7) is -0.757. The van der Waals surface area contributed by atoms with Crippen molar-refractivity contribution in [2.45, 2.75) is 32.0 Å². The fourth-order valence-electron chi connectivity index (χ4n) is 4.17. The number of halogens is 3.